The number of amides is 2. The molecule has 1 unspecified atom stereocenters. The zero-order valence-corrected chi connectivity index (χ0v) is 14.6. The first-order valence-electron chi connectivity index (χ1n) is 8.11. The number of likely N-dealkylation sites (tertiary alicyclic amines) is 1. The topological polar surface area (TPSA) is 35.6 Å². The highest BCUT2D eigenvalue weighted by Gasteiger charge is 2.26. The van der Waals surface area contributed by atoms with E-state index in [1.54, 1.807) is 0 Å². The molecule has 1 saturated heterocycles. The molecule has 0 spiro atoms. The quantitative estimate of drug-likeness (QED) is 0.928. The Morgan fingerprint density at radius 3 is 2.50 bits per heavy atom. The Hall–Kier alpha value is -1.55. The van der Waals surface area contributed by atoms with E-state index in [9.17, 15) is 4.79 Å². The van der Waals surface area contributed by atoms with Gasteiger partial charge >= 0.3 is 6.03 Å². The maximum absolute atomic E-state index is 12.3. The van der Waals surface area contributed by atoms with Crippen molar-refractivity contribution in [3.8, 4) is 0 Å². The highest BCUT2D eigenvalue weighted by atomic mass is 16.2. The number of carbonyl (C=O) groups is 1. The number of carbonyl (C=O) groups excluding carboxylic acids is 1. The molecule has 4 nitrogen and oxygen atoms in total. The fourth-order valence-electron chi connectivity index (χ4n) is 3.45. The van der Waals surface area contributed by atoms with Crippen molar-refractivity contribution in [3.05, 3.63) is 34.4 Å². The maximum atomic E-state index is 12.3. The molecule has 1 N–H and O–H groups in total. The summed E-state index contributed by atoms with van der Waals surface area (Å²) in [6.07, 6.45) is 1.11. The third kappa shape index (κ3) is 4.23. The molecule has 1 atom stereocenters. The van der Waals surface area contributed by atoms with Gasteiger partial charge in [-0.05, 0) is 63.9 Å². The van der Waals surface area contributed by atoms with Crippen LogP contribution >= 0.6 is 0 Å². The number of benzene rings is 1. The molecule has 1 aromatic carbocycles. The van der Waals surface area contributed by atoms with E-state index in [4.69, 9.17) is 0 Å². The molecule has 0 aliphatic carbocycles. The van der Waals surface area contributed by atoms with Crippen LogP contribution in [0.3, 0.4) is 0 Å². The van der Waals surface area contributed by atoms with Crippen LogP contribution in [0.4, 0.5) is 4.79 Å². The molecule has 2 amide bonds. The Morgan fingerprint density at radius 2 is 1.91 bits per heavy atom. The number of hydrogen-bond donors (Lipinski definition) is 1. The van der Waals surface area contributed by atoms with Gasteiger partial charge in [-0.3, -0.25) is 0 Å². The largest absolute Gasteiger partial charge is 0.334 e. The van der Waals surface area contributed by atoms with E-state index in [0.717, 1.165) is 26.1 Å². The maximum Gasteiger partial charge on any atom is 0.317 e. The van der Waals surface area contributed by atoms with Crippen LogP contribution in [0.15, 0.2) is 12.1 Å². The van der Waals surface area contributed by atoms with Gasteiger partial charge < -0.3 is 15.1 Å². The standard InChI is InChI=1S/C18H29N3O/c1-13-8-14(2)17(15(3)9-13)10-19-18(22)21-7-6-16(12-21)11-20(4)5/h8-9,16H,6-7,10-12H2,1-5H3,(H,19,22). The first kappa shape index (κ1) is 16.8. The van der Waals surface area contributed by atoms with Gasteiger partial charge in [0.15, 0.2) is 0 Å². The SMILES string of the molecule is Cc1cc(C)c(CNC(=O)N2CCC(CN(C)C)C2)c(C)c1. The lowest BCUT2D eigenvalue weighted by Gasteiger charge is -2.20. The monoisotopic (exact) mass is 303 g/mol. The van der Waals surface area contributed by atoms with Gasteiger partial charge in [0.25, 0.3) is 0 Å². The summed E-state index contributed by atoms with van der Waals surface area (Å²) in [6.45, 7) is 9.75. The smallest absolute Gasteiger partial charge is 0.317 e. The van der Waals surface area contributed by atoms with E-state index in [1.165, 1.54) is 22.3 Å². The van der Waals surface area contributed by atoms with Crippen LogP contribution < -0.4 is 5.32 Å². The van der Waals surface area contributed by atoms with Crippen LogP contribution in [0.5, 0.6) is 0 Å². The second kappa shape index (κ2) is 7.14. The van der Waals surface area contributed by atoms with Crippen LogP contribution in [-0.2, 0) is 6.54 Å². The van der Waals surface area contributed by atoms with Crippen molar-refractivity contribution in [3.63, 3.8) is 0 Å². The Labute approximate surface area is 134 Å². The van der Waals surface area contributed by atoms with Gasteiger partial charge in [0.2, 0.25) is 0 Å². The molecule has 22 heavy (non-hydrogen) atoms. The molecule has 0 saturated carbocycles. The lowest BCUT2D eigenvalue weighted by atomic mass is 10.00. The molecular weight excluding hydrogens is 274 g/mol. The Balaban J connectivity index is 1.89. The van der Waals surface area contributed by atoms with Gasteiger partial charge in [0, 0.05) is 26.2 Å². The molecule has 0 radical (unpaired) electrons. The fourth-order valence-corrected chi connectivity index (χ4v) is 3.45. The predicted octanol–water partition coefficient (Wildman–Crippen LogP) is 2.70. The van der Waals surface area contributed by atoms with E-state index >= 15 is 0 Å². The van der Waals surface area contributed by atoms with Crippen LogP contribution in [0.1, 0.15) is 28.7 Å². The van der Waals surface area contributed by atoms with Crippen LogP contribution in [-0.4, -0.2) is 49.6 Å². The molecule has 1 fully saturated rings. The van der Waals surface area contributed by atoms with Crippen molar-refractivity contribution in [1.82, 2.24) is 15.1 Å². The molecule has 122 valence electrons. The summed E-state index contributed by atoms with van der Waals surface area (Å²) >= 11 is 0. The van der Waals surface area contributed by atoms with E-state index < -0.39 is 0 Å². The lowest BCUT2D eigenvalue weighted by Crippen LogP contribution is -2.38. The summed E-state index contributed by atoms with van der Waals surface area (Å²) in [4.78, 5) is 16.5. The average molecular weight is 303 g/mol. The zero-order valence-electron chi connectivity index (χ0n) is 14.6. The summed E-state index contributed by atoms with van der Waals surface area (Å²) < 4.78 is 0. The van der Waals surface area contributed by atoms with Crippen molar-refractivity contribution in [2.24, 2.45) is 5.92 Å². The van der Waals surface area contributed by atoms with Crippen LogP contribution in [0.25, 0.3) is 0 Å². The Morgan fingerprint density at radius 1 is 1.27 bits per heavy atom. The van der Waals surface area contributed by atoms with Crippen LogP contribution in [0.2, 0.25) is 0 Å². The molecule has 2 rings (SSSR count). The second-order valence-corrected chi connectivity index (χ2v) is 6.90. The lowest BCUT2D eigenvalue weighted by molar-refractivity contribution is 0.205. The van der Waals surface area contributed by atoms with Gasteiger partial charge in [0.1, 0.15) is 0 Å². The minimum atomic E-state index is 0.0700. The number of nitrogens with one attached hydrogen (secondary N) is 1. The summed E-state index contributed by atoms with van der Waals surface area (Å²) in [5.74, 6) is 0.601. The highest BCUT2D eigenvalue weighted by Crippen LogP contribution is 2.18. The molecule has 0 aromatic heterocycles. The molecule has 0 bridgehead atoms. The predicted molar refractivity (Wildman–Crippen MR) is 91.1 cm³/mol. The summed E-state index contributed by atoms with van der Waals surface area (Å²) in [6, 6.07) is 4.43. The normalized spacial score (nSPS) is 18.1. The van der Waals surface area contributed by atoms with E-state index in [1.807, 2.05) is 4.90 Å². The molecule has 1 aromatic rings. The first-order valence-corrected chi connectivity index (χ1v) is 8.11. The van der Waals surface area contributed by atoms with Gasteiger partial charge in [-0.25, -0.2) is 4.79 Å². The summed E-state index contributed by atoms with van der Waals surface area (Å²) in [5, 5.41) is 3.09. The van der Waals surface area contributed by atoms with Gasteiger partial charge in [-0.2, -0.15) is 0 Å². The number of aryl methyl sites for hydroxylation is 3. The third-order valence-electron chi connectivity index (χ3n) is 4.45. The van der Waals surface area contributed by atoms with Crippen molar-refractivity contribution < 1.29 is 4.79 Å². The van der Waals surface area contributed by atoms with Gasteiger partial charge in [-0.1, -0.05) is 17.7 Å². The molecule has 1 aliphatic rings. The first-order chi connectivity index (χ1) is 10.4. The Kier molecular flexibility index (Phi) is 5.46. The highest BCUT2D eigenvalue weighted by molar-refractivity contribution is 5.74. The molecule has 1 aliphatic heterocycles. The summed E-state index contributed by atoms with van der Waals surface area (Å²) in [7, 11) is 4.18. The minimum absolute atomic E-state index is 0.0700. The third-order valence-corrected chi connectivity index (χ3v) is 4.45. The van der Waals surface area contributed by atoms with Crippen molar-refractivity contribution in [2.75, 3.05) is 33.7 Å². The number of hydrogen-bond acceptors (Lipinski definition) is 2. The number of urea groups is 1. The Bertz CT molecular complexity index is 516. The minimum Gasteiger partial charge on any atom is -0.334 e. The van der Waals surface area contributed by atoms with Gasteiger partial charge in [0.05, 0.1) is 0 Å². The number of nitrogens with zero attached hydrogens (tertiary/aromatic N) is 2. The van der Waals surface area contributed by atoms with E-state index in [0.29, 0.717) is 12.5 Å². The zero-order chi connectivity index (χ0) is 16.3. The van der Waals surface area contributed by atoms with E-state index in [2.05, 4.69) is 57.2 Å². The fraction of sp³-hybridized carbons (Fsp3) is 0.611. The molecular formula is C18H29N3O. The van der Waals surface area contributed by atoms with E-state index in [-0.39, 0.29) is 6.03 Å². The average Bonchev–Trinajstić information content (AvgIpc) is 2.84. The van der Waals surface area contributed by atoms with Gasteiger partial charge in [-0.15, -0.1) is 0 Å². The molecule has 1 heterocycles. The van der Waals surface area contributed by atoms with Crippen molar-refractivity contribution in [2.45, 2.75) is 33.7 Å². The second-order valence-electron chi connectivity index (χ2n) is 6.90. The van der Waals surface area contributed by atoms with Crippen LogP contribution in [0, 0.1) is 26.7 Å². The number of rotatable bonds is 4. The summed E-state index contributed by atoms with van der Waals surface area (Å²) in [5.41, 5.74) is 5.02. The molecule has 4 heteroatoms. The van der Waals surface area contributed by atoms with Crippen molar-refractivity contribution in [1.29, 1.82) is 0 Å². The van der Waals surface area contributed by atoms with Crippen molar-refractivity contribution >= 4 is 6.03 Å².